The van der Waals surface area contributed by atoms with Crippen molar-refractivity contribution in [2.45, 2.75) is 6.29 Å². The summed E-state index contributed by atoms with van der Waals surface area (Å²) in [5.41, 5.74) is 0.925. The van der Waals surface area contributed by atoms with Crippen molar-refractivity contribution in [3.63, 3.8) is 0 Å². The Labute approximate surface area is 90.9 Å². The average molecular weight is 266 g/mol. The molecular formula is C9H10BrClO2. The molecule has 0 amide bonds. The molecule has 0 aromatic heterocycles. The Balaban J connectivity index is 2.99. The SMILES string of the molecule is COC(OC)c1ccc(Cl)cc1Br. The van der Waals surface area contributed by atoms with Gasteiger partial charge >= 0.3 is 0 Å². The third-order valence-corrected chi connectivity index (χ3v) is 2.57. The van der Waals surface area contributed by atoms with Crippen molar-refractivity contribution < 1.29 is 9.47 Å². The van der Waals surface area contributed by atoms with E-state index < -0.39 is 0 Å². The minimum absolute atomic E-state index is 0.355. The summed E-state index contributed by atoms with van der Waals surface area (Å²) in [6.45, 7) is 0. The van der Waals surface area contributed by atoms with Gasteiger partial charge in [-0.15, -0.1) is 0 Å². The normalized spacial score (nSPS) is 10.8. The van der Waals surface area contributed by atoms with Crippen LogP contribution in [-0.2, 0) is 9.47 Å². The third kappa shape index (κ3) is 2.68. The van der Waals surface area contributed by atoms with E-state index in [1.807, 2.05) is 12.1 Å². The molecule has 0 atom stereocenters. The van der Waals surface area contributed by atoms with Gasteiger partial charge in [-0.1, -0.05) is 33.6 Å². The first kappa shape index (κ1) is 11.0. The molecule has 0 spiro atoms. The van der Waals surface area contributed by atoms with E-state index in [0.29, 0.717) is 5.02 Å². The summed E-state index contributed by atoms with van der Waals surface area (Å²) in [6, 6.07) is 5.47. The molecule has 0 bridgehead atoms. The molecule has 0 saturated heterocycles. The van der Waals surface area contributed by atoms with Crippen LogP contribution in [0.4, 0.5) is 0 Å². The number of methoxy groups -OCH3 is 2. The van der Waals surface area contributed by atoms with Crippen molar-refractivity contribution in [3.8, 4) is 0 Å². The third-order valence-electron chi connectivity index (χ3n) is 1.64. The van der Waals surface area contributed by atoms with Gasteiger partial charge in [0.2, 0.25) is 0 Å². The summed E-state index contributed by atoms with van der Waals surface area (Å²) < 4.78 is 11.1. The maximum absolute atomic E-state index is 5.80. The topological polar surface area (TPSA) is 18.5 Å². The van der Waals surface area contributed by atoms with Crippen LogP contribution in [0.2, 0.25) is 5.02 Å². The zero-order chi connectivity index (χ0) is 9.84. The van der Waals surface area contributed by atoms with Crippen molar-refractivity contribution in [1.29, 1.82) is 0 Å². The van der Waals surface area contributed by atoms with Crippen LogP contribution in [0.1, 0.15) is 11.9 Å². The second kappa shape index (κ2) is 4.96. The van der Waals surface area contributed by atoms with E-state index in [2.05, 4.69) is 15.9 Å². The van der Waals surface area contributed by atoms with Gasteiger partial charge < -0.3 is 9.47 Å². The second-order valence-electron chi connectivity index (χ2n) is 2.47. The molecule has 0 aliphatic heterocycles. The van der Waals surface area contributed by atoms with Gasteiger partial charge in [-0.25, -0.2) is 0 Å². The van der Waals surface area contributed by atoms with Crippen LogP contribution in [-0.4, -0.2) is 14.2 Å². The Bertz CT molecular complexity index is 287. The van der Waals surface area contributed by atoms with Gasteiger partial charge in [0.15, 0.2) is 6.29 Å². The van der Waals surface area contributed by atoms with E-state index in [9.17, 15) is 0 Å². The van der Waals surface area contributed by atoms with Crippen LogP contribution in [0.5, 0.6) is 0 Å². The Kier molecular flexibility index (Phi) is 4.19. The second-order valence-corrected chi connectivity index (χ2v) is 3.76. The molecule has 0 saturated carbocycles. The average Bonchev–Trinajstić information content (AvgIpc) is 2.10. The molecule has 1 rings (SSSR count). The maximum atomic E-state index is 5.80. The molecule has 0 N–H and O–H groups in total. The number of hydrogen-bond acceptors (Lipinski definition) is 2. The Morgan fingerprint density at radius 2 is 1.92 bits per heavy atom. The van der Waals surface area contributed by atoms with Crippen LogP contribution < -0.4 is 0 Å². The number of ether oxygens (including phenoxy) is 2. The first-order valence-electron chi connectivity index (χ1n) is 3.69. The van der Waals surface area contributed by atoms with E-state index in [1.165, 1.54) is 0 Å². The van der Waals surface area contributed by atoms with Crippen molar-refractivity contribution >= 4 is 27.5 Å². The van der Waals surface area contributed by atoms with Gasteiger partial charge in [0.25, 0.3) is 0 Å². The molecule has 1 aromatic rings. The molecule has 0 aliphatic carbocycles. The zero-order valence-electron chi connectivity index (χ0n) is 7.38. The van der Waals surface area contributed by atoms with Gasteiger partial charge in [0.05, 0.1) is 0 Å². The standard InChI is InChI=1S/C9H10BrClO2/c1-12-9(13-2)7-4-3-6(11)5-8(7)10/h3-5,9H,1-2H3. The lowest BCUT2D eigenvalue weighted by Gasteiger charge is -2.15. The predicted octanol–water partition coefficient (Wildman–Crippen LogP) is 3.39. The molecule has 0 heterocycles. The molecule has 13 heavy (non-hydrogen) atoms. The van der Waals surface area contributed by atoms with Crippen molar-refractivity contribution in [2.75, 3.05) is 14.2 Å². The smallest absolute Gasteiger partial charge is 0.184 e. The molecule has 72 valence electrons. The number of rotatable bonds is 3. The van der Waals surface area contributed by atoms with E-state index in [0.717, 1.165) is 10.0 Å². The minimum Gasteiger partial charge on any atom is -0.352 e. The summed E-state index contributed by atoms with van der Waals surface area (Å²) in [5, 5.41) is 0.682. The van der Waals surface area contributed by atoms with Crippen LogP contribution in [0.25, 0.3) is 0 Å². The lowest BCUT2D eigenvalue weighted by molar-refractivity contribution is -0.106. The maximum Gasteiger partial charge on any atom is 0.184 e. The number of hydrogen-bond donors (Lipinski definition) is 0. The first-order valence-corrected chi connectivity index (χ1v) is 4.86. The van der Waals surface area contributed by atoms with Gasteiger partial charge in [-0.2, -0.15) is 0 Å². The summed E-state index contributed by atoms with van der Waals surface area (Å²) in [6.07, 6.45) is -0.355. The van der Waals surface area contributed by atoms with Crippen molar-refractivity contribution in [3.05, 3.63) is 33.3 Å². The van der Waals surface area contributed by atoms with Crippen LogP contribution >= 0.6 is 27.5 Å². The highest BCUT2D eigenvalue weighted by atomic mass is 79.9. The predicted molar refractivity (Wildman–Crippen MR) is 55.9 cm³/mol. The molecule has 4 heteroatoms. The minimum atomic E-state index is -0.355. The van der Waals surface area contributed by atoms with Gasteiger partial charge in [0, 0.05) is 29.3 Å². The molecule has 0 aliphatic rings. The van der Waals surface area contributed by atoms with E-state index >= 15 is 0 Å². The quantitative estimate of drug-likeness (QED) is 0.780. The Morgan fingerprint density at radius 1 is 1.31 bits per heavy atom. The number of benzene rings is 1. The van der Waals surface area contributed by atoms with Gasteiger partial charge in [-0.3, -0.25) is 0 Å². The fraction of sp³-hybridized carbons (Fsp3) is 0.333. The molecule has 0 radical (unpaired) electrons. The summed E-state index contributed by atoms with van der Waals surface area (Å²) in [7, 11) is 3.18. The fourth-order valence-electron chi connectivity index (χ4n) is 1.04. The van der Waals surface area contributed by atoms with Crippen molar-refractivity contribution in [1.82, 2.24) is 0 Å². The molecule has 2 nitrogen and oxygen atoms in total. The van der Waals surface area contributed by atoms with Crippen LogP contribution in [0.3, 0.4) is 0 Å². The molecular weight excluding hydrogens is 255 g/mol. The summed E-state index contributed by atoms with van der Waals surface area (Å²) in [5.74, 6) is 0. The Morgan fingerprint density at radius 3 is 2.38 bits per heavy atom. The summed E-state index contributed by atoms with van der Waals surface area (Å²) in [4.78, 5) is 0. The van der Waals surface area contributed by atoms with Gasteiger partial charge in [-0.05, 0) is 12.1 Å². The monoisotopic (exact) mass is 264 g/mol. The van der Waals surface area contributed by atoms with Gasteiger partial charge in [0.1, 0.15) is 0 Å². The Hall–Kier alpha value is -0.0900. The van der Waals surface area contributed by atoms with E-state index in [1.54, 1.807) is 20.3 Å². The highest BCUT2D eigenvalue weighted by Crippen LogP contribution is 2.28. The number of halogens is 2. The highest BCUT2D eigenvalue weighted by molar-refractivity contribution is 9.10. The largest absolute Gasteiger partial charge is 0.352 e. The van der Waals surface area contributed by atoms with Crippen molar-refractivity contribution in [2.24, 2.45) is 0 Å². The van der Waals surface area contributed by atoms with E-state index in [4.69, 9.17) is 21.1 Å². The van der Waals surface area contributed by atoms with Crippen LogP contribution in [0.15, 0.2) is 22.7 Å². The van der Waals surface area contributed by atoms with Crippen LogP contribution in [0, 0.1) is 0 Å². The fourth-order valence-corrected chi connectivity index (χ4v) is 1.91. The summed E-state index contributed by atoms with van der Waals surface area (Å²) >= 11 is 9.18. The zero-order valence-corrected chi connectivity index (χ0v) is 9.72. The lowest BCUT2D eigenvalue weighted by atomic mass is 10.2. The van der Waals surface area contributed by atoms with E-state index in [-0.39, 0.29) is 6.29 Å². The lowest BCUT2D eigenvalue weighted by Crippen LogP contribution is -2.04. The molecule has 1 aromatic carbocycles. The molecule has 0 unspecified atom stereocenters. The molecule has 0 fully saturated rings. The highest BCUT2D eigenvalue weighted by Gasteiger charge is 2.12. The first-order chi connectivity index (χ1) is 6.19.